The molecule has 0 aliphatic heterocycles. The lowest BCUT2D eigenvalue weighted by atomic mass is 10.1. The van der Waals surface area contributed by atoms with Crippen LogP contribution in [0.25, 0.3) is 22.8 Å². The summed E-state index contributed by atoms with van der Waals surface area (Å²) in [7, 11) is 0. The summed E-state index contributed by atoms with van der Waals surface area (Å²) in [4.78, 5) is 13.8. The normalized spacial score (nSPS) is 10.7. The Kier molecular flexibility index (Phi) is 3.49. The predicted octanol–water partition coefficient (Wildman–Crippen LogP) is 2.57. The van der Waals surface area contributed by atoms with Crippen LogP contribution in [0.5, 0.6) is 17.2 Å². The number of halogens is 1. The second-order valence-corrected chi connectivity index (χ2v) is 4.68. The highest BCUT2D eigenvalue weighted by molar-refractivity contribution is 5.69. The number of phenols is 3. The number of aromatic hydroxyl groups is 3. The van der Waals surface area contributed by atoms with Crippen molar-refractivity contribution >= 4 is 5.69 Å². The average Bonchev–Trinajstić information content (AvgIpc) is 3.02. The Morgan fingerprint density at radius 2 is 1.92 bits per heavy atom. The highest BCUT2D eigenvalue weighted by Crippen LogP contribution is 2.39. The molecule has 0 spiro atoms. The summed E-state index contributed by atoms with van der Waals surface area (Å²) >= 11 is 0. The molecule has 24 heavy (non-hydrogen) atoms. The number of phenolic OH excluding ortho intramolecular Hbond substituents is 3. The van der Waals surface area contributed by atoms with Gasteiger partial charge in [-0.2, -0.15) is 4.98 Å². The maximum Gasteiger partial charge on any atom is 0.315 e. The van der Waals surface area contributed by atoms with Gasteiger partial charge in [0, 0.05) is 6.07 Å². The zero-order valence-corrected chi connectivity index (χ0v) is 11.7. The smallest absolute Gasteiger partial charge is 0.315 e. The third-order valence-corrected chi connectivity index (χ3v) is 3.16. The van der Waals surface area contributed by atoms with E-state index in [1.807, 2.05) is 0 Å². The Hall–Kier alpha value is -3.69. The van der Waals surface area contributed by atoms with E-state index in [4.69, 9.17) is 4.52 Å². The molecule has 1 aromatic heterocycles. The molecule has 9 nitrogen and oxygen atoms in total. The first kappa shape index (κ1) is 15.2. The van der Waals surface area contributed by atoms with Crippen LogP contribution in [0.4, 0.5) is 10.1 Å². The summed E-state index contributed by atoms with van der Waals surface area (Å²) < 4.78 is 18.8. The molecule has 0 amide bonds. The molecule has 0 saturated heterocycles. The molecule has 0 aliphatic rings. The van der Waals surface area contributed by atoms with E-state index in [2.05, 4.69) is 10.1 Å². The fraction of sp³-hybridized carbons (Fsp3) is 0. The largest absolute Gasteiger partial charge is 0.505 e. The Morgan fingerprint density at radius 3 is 2.62 bits per heavy atom. The van der Waals surface area contributed by atoms with Crippen LogP contribution in [0.15, 0.2) is 34.9 Å². The number of nitro groups is 1. The number of nitro benzene ring substituents is 1. The van der Waals surface area contributed by atoms with E-state index < -0.39 is 33.7 Å². The van der Waals surface area contributed by atoms with E-state index in [1.54, 1.807) is 0 Å². The third kappa shape index (κ3) is 2.45. The van der Waals surface area contributed by atoms with Gasteiger partial charge in [0.25, 0.3) is 5.89 Å². The number of aromatic nitrogens is 2. The summed E-state index contributed by atoms with van der Waals surface area (Å²) in [6.07, 6.45) is 0. The number of nitrogens with zero attached hydrogens (tertiary/aromatic N) is 3. The van der Waals surface area contributed by atoms with Crippen molar-refractivity contribution in [2.45, 2.75) is 0 Å². The van der Waals surface area contributed by atoms with Crippen molar-refractivity contribution in [2.24, 2.45) is 0 Å². The van der Waals surface area contributed by atoms with Gasteiger partial charge in [0.1, 0.15) is 0 Å². The first-order valence-corrected chi connectivity index (χ1v) is 6.40. The van der Waals surface area contributed by atoms with Gasteiger partial charge in [0.2, 0.25) is 11.6 Å². The lowest BCUT2D eigenvalue weighted by Crippen LogP contribution is -1.90. The molecule has 0 saturated carbocycles. The van der Waals surface area contributed by atoms with Crippen molar-refractivity contribution in [3.8, 4) is 40.1 Å². The first-order valence-electron chi connectivity index (χ1n) is 6.40. The summed E-state index contributed by atoms with van der Waals surface area (Å²) in [5.74, 6) is -3.65. The molecule has 3 aromatic rings. The number of hydrogen-bond acceptors (Lipinski definition) is 8. The number of rotatable bonds is 3. The third-order valence-electron chi connectivity index (χ3n) is 3.16. The van der Waals surface area contributed by atoms with Gasteiger partial charge in [0.05, 0.1) is 16.1 Å². The molecule has 0 unspecified atom stereocenters. The molecule has 0 aliphatic carbocycles. The topological polar surface area (TPSA) is 143 Å². The summed E-state index contributed by atoms with van der Waals surface area (Å²) in [6, 6.07) is 5.73. The fourth-order valence-electron chi connectivity index (χ4n) is 2.01. The molecule has 3 N–H and O–H groups in total. The Balaban J connectivity index is 2.09. The molecule has 3 rings (SSSR count). The van der Waals surface area contributed by atoms with Gasteiger partial charge >= 0.3 is 5.69 Å². The van der Waals surface area contributed by atoms with Crippen LogP contribution in [0.2, 0.25) is 0 Å². The predicted molar refractivity (Wildman–Crippen MR) is 76.8 cm³/mol. The monoisotopic (exact) mass is 333 g/mol. The minimum absolute atomic E-state index is 0.0451. The highest BCUT2D eigenvalue weighted by atomic mass is 19.1. The molecule has 0 fully saturated rings. The lowest BCUT2D eigenvalue weighted by Gasteiger charge is -2.01. The van der Waals surface area contributed by atoms with Crippen LogP contribution in [0, 0.1) is 15.9 Å². The van der Waals surface area contributed by atoms with Crippen LogP contribution in [-0.4, -0.2) is 30.4 Å². The quantitative estimate of drug-likeness (QED) is 0.377. The Labute approximate surface area is 132 Å². The minimum atomic E-state index is -0.954. The van der Waals surface area contributed by atoms with Gasteiger partial charge in [-0.05, 0) is 18.2 Å². The fourth-order valence-corrected chi connectivity index (χ4v) is 2.01. The van der Waals surface area contributed by atoms with Crippen molar-refractivity contribution < 1.29 is 29.2 Å². The van der Waals surface area contributed by atoms with Crippen LogP contribution in [0.3, 0.4) is 0 Å². The van der Waals surface area contributed by atoms with Crippen LogP contribution in [-0.2, 0) is 0 Å². The summed E-state index contributed by atoms with van der Waals surface area (Å²) in [6.45, 7) is 0. The Morgan fingerprint density at radius 1 is 1.17 bits per heavy atom. The summed E-state index contributed by atoms with van der Waals surface area (Å²) in [5, 5.41) is 42.8. The minimum Gasteiger partial charge on any atom is -0.505 e. The number of hydrogen-bond donors (Lipinski definition) is 3. The molecule has 122 valence electrons. The standard InChI is InChI=1S/C14H8FN3O6/c15-11-7(2-1-3-9(11)19)13-16-14(24-17-13)6-4-8(18(22)23)12(21)10(20)5-6/h1-5,19-21H. The van der Waals surface area contributed by atoms with Gasteiger partial charge in [-0.25, -0.2) is 4.39 Å². The van der Waals surface area contributed by atoms with Gasteiger partial charge in [-0.3, -0.25) is 10.1 Å². The second kappa shape index (κ2) is 5.50. The highest BCUT2D eigenvalue weighted by Gasteiger charge is 2.23. The summed E-state index contributed by atoms with van der Waals surface area (Å²) in [5.41, 5.74) is -0.938. The Bertz CT molecular complexity index is 956. The lowest BCUT2D eigenvalue weighted by molar-refractivity contribution is -0.385. The second-order valence-electron chi connectivity index (χ2n) is 4.68. The van der Waals surface area contributed by atoms with Crippen molar-refractivity contribution in [1.82, 2.24) is 10.1 Å². The molecule has 1 heterocycles. The van der Waals surface area contributed by atoms with Crippen LogP contribution >= 0.6 is 0 Å². The maximum atomic E-state index is 13.9. The SMILES string of the molecule is O=[N+]([O-])c1cc(-c2nc(-c3cccc(O)c3F)no2)cc(O)c1O. The van der Waals surface area contributed by atoms with Gasteiger partial charge in [0.15, 0.2) is 17.3 Å². The van der Waals surface area contributed by atoms with E-state index in [0.717, 1.165) is 18.2 Å². The molecule has 2 aromatic carbocycles. The van der Waals surface area contributed by atoms with Crippen molar-refractivity contribution in [3.05, 3.63) is 46.3 Å². The van der Waals surface area contributed by atoms with Crippen molar-refractivity contribution in [3.63, 3.8) is 0 Å². The van der Waals surface area contributed by atoms with E-state index >= 15 is 0 Å². The molecular weight excluding hydrogens is 325 g/mol. The van der Waals surface area contributed by atoms with Gasteiger partial charge in [-0.15, -0.1) is 0 Å². The average molecular weight is 333 g/mol. The van der Waals surface area contributed by atoms with E-state index in [9.17, 15) is 29.8 Å². The van der Waals surface area contributed by atoms with Crippen LogP contribution in [0.1, 0.15) is 0 Å². The molecular formula is C14H8FN3O6. The van der Waals surface area contributed by atoms with E-state index in [1.165, 1.54) is 12.1 Å². The zero-order chi connectivity index (χ0) is 17.4. The maximum absolute atomic E-state index is 13.9. The van der Waals surface area contributed by atoms with Crippen LogP contribution < -0.4 is 0 Å². The first-order chi connectivity index (χ1) is 11.4. The van der Waals surface area contributed by atoms with Gasteiger partial charge < -0.3 is 19.8 Å². The zero-order valence-electron chi connectivity index (χ0n) is 11.7. The molecule has 0 atom stereocenters. The van der Waals surface area contributed by atoms with E-state index in [0.29, 0.717) is 0 Å². The van der Waals surface area contributed by atoms with Crippen molar-refractivity contribution in [1.29, 1.82) is 0 Å². The van der Waals surface area contributed by atoms with Crippen molar-refractivity contribution in [2.75, 3.05) is 0 Å². The number of benzene rings is 2. The van der Waals surface area contributed by atoms with E-state index in [-0.39, 0.29) is 22.8 Å². The van der Waals surface area contributed by atoms with Gasteiger partial charge in [-0.1, -0.05) is 11.2 Å². The molecule has 10 heteroatoms. The molecule has 0 bridgehead atoms. The molecule has 0 radical (unpaired) electrons.